The van der Waals surface area contributed by atoms with Crippen LogP contribution in [0.4, 0.5) is 4.39 Å². The summed E-state index contributed by atoms with van der Waals surface area (Å²) < 4.78 is 43.0. The molecule has 0 aliphatic heterocycles. The van der Waals surface area contributed by atoms with Crippen molar-refractivity contribution >= 4 is 10.0 Å². The summed E-state index contributed by atoms with van der Waals surface area (Å²) in [5, 5.41) is 0. The zero-order valence-corrected chi connectivity index (χ0v) is 14.7. The molecule has 0 aliphatic rings. The van der Waals surface area contributed by atoms with Gasteiger partial charge >= 0.3 is 0 Å². The van der Waals surface area contributed by atoms with E-state index >= 15 is 0 Å². The smallest absolute Gasteiger partial charge is 0.241 e. The van der Waals surface area contributed by atoms with Crippen molar-refractivity contribution in [3.63, 3.8) is 0 Å². The molecule has 7 heteroatoms. The van der Waals surface area contributed by atoms with Gasteiger partial charge in [-0.05, 0) is 49.2 Å². The van der Waals surface area contributed by atoms with Crippen molar-refractivity contribution in [1.82, 2.24) is 14.3 Å². The minimum Gasteiger partial charge on any atom is -0.306 e. The van der Waals surface area contributed by atoms with Gasteiger partial charge in [-0.15, -0.1) is 0 Å². The molecule has 0 bridgehead atoms. The summed E-state index contributed by atoms with van der Waals surface area (Å²) in [6.45, 7) is 3.39. The molecule has 3 rings (SSSR count). The minimum absolute atomic E-state index is 0.0469. The zero-order chi connectivity index (χ0) is 18.0. The number of benzene rings is 2. The number of hydrogen-bond donors (Lipinski definition) is 1. The first-order chi connectivity index (χ1) is 11.9. The molecule has 0 radical (unpaired) electrons. The first kappa shape index (κ1) is 17.3. The van der Waals surface area contributed by atoms with Crippen LogP contribution in [0.3, 0.4) is 0 Å². The molecule has 25 heavy (non-hydrogen) atoms. The summed E-state index contributed by atoms with van der Waals surface area (Å²) in [5.41, 5.74) is 2.23. The van der Waals surface area contributed by atoms with Gasteiger partial charge in [0.05, 0.1) is 11.2 Å². The molecule has 1 aromatic heterocycles. The van der Waals surface area contributed by atoms with Crippen LogP contribution in [-0.2, 0) is 10.0 Å². The van der Waals surface area contributed by atoms with Gasteiger partial charge in [0, 0.05) is 24.1 Å². The van der Waals surface area contributed by atoms with Gasteiger partial charge < -0.3 is 4.57 Å². The quantitative estimate of drug-likeness (QED) is 0.760. The van der Waals surface area contributed by atoms with E-state index in [4.69, 9.17) is 0 Å². The maximum absolute atomic E-state index is 13.4. The van der Waals surface area contributed by atoms with E-state index < -0.39 is 21.9 Å². The van der Waals surface area contributed by atoms with Crippen LogP contribution in [0.2, 0.25) is 0 Å². The van der Waals surface area contributed by atoms with E-state index in [1.807, 2.05) is 35.0 Å². The van der Waals surface area contributed by atoms with Gasteiger partial charge in [-0.25, -0.2) is 22.5 Å². The molecule has 130 valence electrons. The van der Waals surface area contributed by atoms with Gasteiger partial charge in [-0.1, -0.05) is 18.2 Å². The molecule has 0 saturated carbocycles. The van der Waals surface area contributed by atoms with Crippen LogP contribution in [-0.4, -0.2) is 18.0 Å². The van der Waals surface area contributed by atoms with Gasteiger partial charge in [0.15, 0.2) is 0 Å². The van der Waals surface area contributed by atoms with E-state index in [1.165, 1.54) is 12.1 Å². The molecule has 0 aliphatic carbocycles. The standard InChI is InChI=1S/C18H18FN3O2S/c1-13-3-6-16(19)11-18(13)25(23,24)21-14(2)15-4-7-17(8-5-15)22-10-9-20-12-22/h3-12,14,21H,1-2H3. The van der Waals surface area contributed by atoms with Crippen molar-refractivity contribution in [2.45, 2.75) is 24.8 Å². The molecular formula is C18H18FN3O2S. The van der Waals surface area contributed by atoms with Crippen molar-refractivity contribution in [3.8, 4) is 5.69 Å². The third kappa shape index (κ3) is 3.78. The van der Waals surface area contributed by atoms with Crippen LogP contribution < -0.4 is 4.72 Å². The van der Waals surface area contributed by atoms with Crippen LogP contribution in [0, 0.1) is 12.7 Å². The Balaban J connectivity index is 1.81. The number of rotatable bonds is 5. The third-order valence-electron chi connectivity index (χ3n) is 3.97. The van der Waals surface area contributed by atoms with Crippen LogP contribution in [0.1, 0.15) is 24.1 Å². The number of sulfonamides is 1. The summed E-state index contributed by atoms with van der Waals surface area (Å²) in [5.74, 6) is -0.580. The Bertz CT molecular complexity index is 968. The lowest BCUT2D eigenvalue weighted by molar-refractivity contribution is 0.563. The number of hydrogen-bond acceptors (Lipinski definition) is 3. The van der Waals surface area contributed by atoms with Gasteiger partial charge in [-0.2, -0.15) is 0 Å². The molecule has 3 aromatic rings. The average molecular weight is 359 g/mol. The van der Waals surface area contributed by atoms with Gasteiger partial charge in [0.25, 0.3) is 0 Å². The van der Waals surface area contributed by atoms with Gasteiger partial charge in [-0.3, -0.25) is 0 Å². The van der Waals surface area contributed by atoms with E-state index in [-0.39, 0.29) is 4.90 Å². The predicted octanol–water partition coefficient (Wildman–Crippen LogP) is 3.36. The van der Waals surface area contributed by atoms with Crippen LogP contribution >= 0.6 is 0 Å². The molecule has 0 spiro atoms. The Morgan fingerprint density at radius 3 is 2.52 bits per heavy atom. The summed E-state index contributed by atoms with van der Waals surface area (Å²) in [6, 6.07) is 10.7. The SMILES string of the molecule is Cc1ccc(F)cc1S(=O)(=O)NC(C)c1ccc(-n2ccnc2)cc1. The number of imidazole rings is 1. The molecule has 2 aromatic carbocycles. The summed E-state index contributed by atoms with van der Waals surface area (Å²) in [4.78, 5) is 3.95. The molecule has 1 unspecified atom stereocenters. The second-order valence-electron chi connectivity index (χ2n) is 5.81. The first-order valence-electron chi connectivity index (χ1n) is 7.73. The highest BCUT2D eigenvalue weighted by atomic mass is 32.2. The van der Waals surface area contributed by atoms with Crippen LogP contribution in [0.15, 0.2) is 66.1 Å². The molecule has 0 fully saturated rings. The molecule has 1 atom stereocenters. The highest BCUT2D eigenvalue weighted by molar-refractivity contribution is 7.89. The van der Waals surface area contributed by atoms with Crippen molar-refractivity contribution in [3.05, 3.63) is 78.1 Å². The second kappa shape index (κ2) is 6.78. The fourth-order valence-electron chi connectivity index (χ4n) is 2.57. The lowest BCUT2D eigenvalue weighted by Crippen LogP contribution is -2.27. The average Bonchev–Trinajstić information content (AvgIpc) is 3.11. The summed E-state index contributed by atoms with van der Waals surface area (Å²) in [6.07, 6.45) is 5.20. The Kier molecular flexibility index (Phi) is 4.69. The lowest BCUT2D eigenvalue weighted by Gasteiger charge is -2.16. The monoisotopic (exact) mass is 359 g/mol. The number of aromatic nitrogens is 2. The van der Waals surface area contributed by atoms with Crippen molar-refractivity contribution in [2.24, 2.45) is 0 Å². The molecule has 0 saturated heterocycles. The maximum atomic E-state index is 13.4. The zero-order valence-electron chi connectivity index (χ0n) is 13.8. The molecule has 1 heterocycles. The molecule has 5 nitrogen and oxygen atoms in total. The second-order valence-corrected chi connectivity index (χ2v) is 7.50. The minimum atomic E-state index is -3.82. The van der Waals surface area contributed by atoms with Crippen LogP contribution in [0.5, 0.6) is 0 Å². The van der Waals surface area contributed by atoms with E-state index in [0.717, 1.165) is 17.3 Å². The number of halogens is 1. The fraction of sp³-hybridized carbons (Fsp3) is 0.167. The first-order valence-corrected chi connectivity index (χ1v) is 9.22. The Hall–Kier alpha value is -2.51. The highest BCUT2D eigenvalue weighted by Crippen LogP contribution is 2.21. The fourth-order valence-corrected chi connectivity index (χ4v) is 4.06. The number of nitrogens with one attached hydrogen (secondary N) is 1. The Morgan fingerprint density at radius 2 is 1.88 bits per heavy atom. The summed E-state index contributed by atoms with van der Waals surface area (Å²) in [7, 11) is -3.82. The number of aryl methyl sites for hydroxylation is 1. The van der Waals surface area contributed by atoms with E-state index in [0.29, 0.717) is 5.56 Å². The van der Waals surface area contributed by atoms with Crippen molar-refractivity contribution in [2.75, 3.05) is 0 Å². The van der Waals surface area contributed by atoms with E-state index in [9.17, 15) is 12.8 Å². The van der Waals surface area contributed by atoms with Crippen molar-refractivity contribution < 1.29 is 12.8 Å². The van der Waals surface area contributed by atoms with Gasteiger partial charge in [0.2, 0.25) is 10.0 Å². The van der Waals surface area contributed by atoms with E-state index in [1.54, 1.807) is 26.4 Å². The Morgan fingerprint density at radius 1 is 1.16 bits per heavy atom. The number of nitrogens with zero attached hydrogens (tertiary/aromatic N) is 2. The molecular weight excluding hydrogens is 341 g/mol. The van der Waals surface area contributed by atoms with Gasteiger partial charge in [0.1, 0.15) is 5.82 Å². The van der Waals surface area contributed by atoms with Crippen LogP contribution in [0.25, 0.3) is 5.69 Å². The maximum Gasteiger partial charge on any atom is 0.241 e. The highest BCUT2D eigenvalue weighted by Gasteiger charge is 2.21. The van der Waals surface area contributed by atoms with Crippen molar-refractivity contribution in [1.29, 1.82) is 0 Å². The Labute approximate surface area is 146 Å². The lowest BCUT2D eigenvalue weighted by atomic mass is 10.1. The summed E-state index contributed by atoms with van der Waals surface area (Å²) >= 11 is 0. The predicted molar refractivity (Wildman–Crippen MR) is 93.4 cm³/mol. The van der Waals surface area contributed by atoms with E-state index in [2.05, 4.69) is 9.71 Å². The topological polar surface area (TPSA) is 64.0 Å². The largest absolute Gasteiger partial charge is 0.306 e. The molecule has 0 amide bonds. The third-order valence-corrected chi connectivity index (χ3v) is 5.65. The normalized spacial score (nSPS) is 12.9. The molecule has 1 N–H and O–H groups in total.